The third kappa shape index (κ3) is 3.71. The molecule has 0 saturated heterocycles. The third-order valence-electron chi connectivity index (χ3n) is 4.17. The molecule has 0 heterocycles. The highest BCUT2D eigenvalue weighted by Crippen LogP contribution is 2.34. The van der Waals surface area contributed by atoms with E-state index in [9.17, 15) is 9.59 Å². The van der Waals surface area contributed by atoms with Gasteiger partial charge in [0.1, 0.15) is 0 Å². The number of esters is 1. The predicted molar refractivity (Wildman–Crippen MR) is 83.5 cm³/mol. The standard InChI is InChI=1S/C16H20BrNO3/c1-21-16(20)13-5-3-2-4-12(13)15(19)14(18)10-6-8-11(17)9-7-10/h6-9,12-14H,2-5,18H2,1H3/t12-,13?,14?/m1/s1. The molecule has 0 bridgehead atoms. The molecular weight excluding hydrogens is 334 g/mol. The van der Waals surface area contributed by atoms with Gasteiger partial charge in [0.25, 0.3) is 0 Å². The van der Waals surface area contributed by atoms with Crippen LogP contribution >= 0.6 is 15.9 Å². The van der Waals surface area contributed by atoms with Gasteiger partial charge in [-0.05, 0) is 30.5 Å². The average molecular weight is 354 g/mol. The summed E-state index contributed by atoms with van der Waals surface area (Å²) in [5, 5.41) is 0. The summed E-state index contributed by atoms with van der Waals surface area (Å²) >= 11 is 3.36. The van der Waals surface area contributed by atoms with E-state index < -0.39 is 6.04 Å². The molecule has 1 fully saturated rings. The number of carbonyl (C=O) groups excluding carboxylic acids is 2. The fourth-order valence-electron chi connectivity index (χ4n) is 2.97. The molecule has 0 radical (unpaired) electrons. The molecule has 3 atom stereocenters. The van der Waals surface area contributed by atoms with Crippen molar-refractivity contribution in [2.75, 3.05) is 7.11 Å². The highest BCUT2D eigenvalue weighted by atomic mass is 79.9. The molecule has 0 aromatic heterocycles. The molecule has 5 heteroatoms. The molecule has 1 saturated carbocycles. The van der Waals surface area contributed by atoms with Crippen LogP contribution in [0.4, 0.5) is 0 Å². The lowest BCUT2D eigenvalue weighted by Crippen LogP contribution is -2.38. The lowest BCUT2D eigenvalue weighted by molar-refractivity contribution is -0.151. The van der Waals surface area contributed by atoms with Crippen LogP contribution in [0.25, 0.3) is 0 Å². The largest absolute Gasteiger partial charge is 0.469 e. The molecule has 0 aliphatic heterocycles. The second kappa shape index (κ2) is 7.18. The maximum absolute atomic E-state index is 12.7. The van der Waals surface area contributed by atoms with E-state index in [0.717, 1.165) is 22.9 Å². The molecule has 2 N–H and O–H groups in total. The summed E-state index contributed by atoms with van der Waals surface area (Å²) in [6, 6.07) is 6.71. The number of ketones is 1. The van der Waals surface area contributed by atoms with Crippen molar-refractivity contribution in [2.24, 2.45) is 17.6 Å². The minimum Gasteiger partial charge on any atom is -0.469 e. The van der Waals surface area contributed by atoms with Gasteiger partial charge in [0, 0.05) is 10.4 Å². The molecule has 1 aromatic carbocycles. The highest BCUT2D eigenvalue weighted by Gasteiger charge is 2.38. The Morgan fingerprint density at radius 1 is 1.19 bits per heavy atom. The van der Waals surface area contributed by atoms with Gasteiger partial charge < -0.3 is 10.5 Å². The maximum Gasteiger partial charge on any atom is 0.309 e. The first-order chi connectivity index (χ1) is 10.0. The fourth-order valence-corrected chi connectivity index (χ4v) is 3.23. The van der Waals surface area contributed by atoms with Crippen molar-refractivity contribution in [3.63, 3.8) is 0 Å². The third-order valence-corrected chi connectivity index (χ3v) is 4.70. The van der Waals surface area contributed by atoms with E-state index in [-0.39, 0.29) is 23.6 Å². The Hall–Kier alpha value is -1.20. The molecule has 21 heavy (non-hydrogen) atoms. The summed E-state index contributed by atoms with van der Waals surface area (Å²) in [7, 11) is 1.37. The van der Waals surface area contributed by atoms with Gasteiger partial charge in [0.05, 0.1) is 19.1 Å². The van der Waals surface area contributed by atoms with Gasteiger partial charge in [0.2, 0.25) is 0 Å². The monoisotopic (exact) mass is 353 g/mol. The number of nitrogens with two attached hydrogens (primary N) is 1. The summed E-state index contributed by atoms with van der Waals surface area (Å²) in [6.45, 7) is 0. The number of methoxy groups -OCH3 is 1. The minimum atomic E-state index is -0.687. The average Bonchev–Trinajstić information content (AvgIpc) is 2.53. The number of rotatable bonds is 4. The van der Waals surface area contributed by atoms with Crippen LogP contribution in [0.1, 0.15) is 37.3 Å². The van der Waals surface area contributed by atoms with E-state index >= 15 is 0 Å². The summed E-state index contributed by atoms with van der Waals surface area (Å²) in [5.41, 5.74) is 6.88. The van der Waals surface area contributed by atoms with Gasteiger partial charge in [-0.3, -0.25) is 9.59 Å². The Kier molecular flexibility index (Phi) is 5.53. The molecule has 1 aromatic rings. The Bertz CT molecular complexity index is 515. The predicted octanol–water partition coefficient (Wildman–Crippen LogP) is 3.00. The van der Waals surface area contributed by atoms with E-state index in [2.05, 4.69) is 15.9 Å². The number of halogens is 1. The van der Waals surface area contributed by atoms with Gasteiger partial charge in [-0.1, -0.05) is 40.9 Å². The molecule has 2 rings (SSSR count). The summed E-state index contributed by atoms with van der Waals surface area (Å²) in [6.07, 6.45) is 3.33. The number of benzene rings is 1. The first kappa shape index (κ1) is 16.2. The van der Waals surface area contributed by atoms with Crippen molar-refractivity contribution >= 4 is 27.7 Å². The van der Waals surface area contributed by atoms with Crippen LogP contribution in [0.3, 0.4) is 0 Å². The Morgan fingerprint density at radius 2 is 1.76 bits per heavy atom. The van der Waals surface area contributed by atoms with E-state index in [1.165, 1.54) is 7.11 Å². The fraction of sp³-hybridized carbons (Fsp3) is 0.500. The zero-order valence-electron chi connectivity index (χ0n) is 12.0. The molecular formula is C16H20BrNO3. The SMILES string of the molecule is COC(=O)C1CCCC[C@H]1C(=O)C(N)c1ccc(Br)cc1. The van der Waals surface area contributed by atoms with E-state index in [1.807, 2.05) is 24.3 Å². The summed E-state index contributed by atoms with van der Waals surface area (Å²) < 4.78 is 5.77. The highest BCUT2D eigenvalue weighted by molar-refractivity contribution is 9.10. The smallest absolute Gasteiger partial charge is 0.309 e. The Labute approximate surface area is 133 Å². The summed E-state index contributed by atoms with van der Waals surface area (Å²) in [4.78, 5) is 24.5. The van der Waals surface area contributed by atoms with Gasteiger partial charge in [0.15, 0.2) is 5.78 Å². The van der Waals surface area contributed by atoms with Crippen LogP contribution in [0.15, 0.2) is 28.7 Å². The summed E-state index contributed by atoms with van der Waals surface area (Å²) in [5.74, 6) is -1.04. The van der Waals surface area contributed by atoms with Gasteiger partial charge >= 0.3 is 5.97 Å². The normalized spacial score (nSPS) is 23.4. The molecule has 0 spiro atoms. The number of carbonyl (C=O) groups is 2. The van der Waals surface area contributed by atoms with Gasteiger partial charge in [-0.15, -0.1) is 0 Å². The van der Waals surface area contributed by atoms with Crippen molar-refractivity contribution in [1.82, 2.24) is 0 Å². The molecule has 0 amide bonds. The van der Waals surface area contributed by atoms with Crippen LogP contribution in [0.5, 0.6) is 0 Å². The number of hydrogen-bond donors (Lipinski definition) is 1. The van der Waals surface area contributed by atoms with Crippen LogP contribution in [-0.4, -0.2) is 18.9 Å². The lowest BCUT2D eigenvalue weighted by Gasteiger charge is -2.30. The van der Waals surface area contributed by atoms with Crippen LogP contribution < -0.4 is 5.73 Å². The minimum absolute atomic E-state index is 0.0626. The molecule has 4 nitrogen and oxygen atoms in total. The van der Waals surface area contributed by atoms with Crippen molar-refractivity contribution in [3.8, 4) is 0 Å². The molecule has 1 aliphatic rings. The Balaban J connectivity index is 2.16. The first-order valence-corrected chi connectivity index (χ1v) is 7.96. The maximum atomic E-state index is 12.7. The van der Waals surface area contributed by atoms with E-state index in [0.29, 0.717) is 12.8 Å². The second-order valence-corrected chi connectivity index (χ2v) is 6.37. The Morgan fingerprint density at radius 3 is 2.33 bits per heavy atom. The van der Waals surface area contributed by atoms with Crippen molar-refractivity contribution in [1.29, 1.82) is 0 Å². The number of ether oxygens (including phenoxy) is 1. The van der Waals surface area contributed by atoms with Crippen molar-refractivity contribution in [2.45, 2.75) is 31.7 Å². The second-order valence-electron chi connectivity index (χ2n) is 5.45. The molecule has 1 aliphatic carbocycles. The number of Topliss-reactive ketones (excluding diaryl/α,β-unsaturated/α-hetero) is 1. The van der Waals surface area contributed by atoms with Crippen LogP contribution in [0, 0.1) is 11.8 Å². The molecule has 2 unspecified atom stereocenters. The van der Waals surface area contributed by atoms with Crippen molar-refractivity contribution in [3.05, 3.63) is 34.3 Å². The quantitative estimate of drug-likeness (QED) is 0.844. The van der Waals surface area contributed by atoms with Crippen LogP contribution in [-0.2, 0) is 14.3 Å². The first-order valence-electron chi connectivity index (χ1n) is 7.17. The van der Waals surface area contributed by atoms with Gasteiger partial charge in [-0.2, -0.15) is 0 Å². The van der Waals surface area contributed by atoms with E-state index in [1.54, 1.807) is 0 Å². The van der Waals surface area contributed by atoms with Gasteiger partial charge in [-0.25, -0.2) is 0 Å². The topological polar surface area (TPSA) is 69.4 Å². The lowest BCUT2D eigenvalue weighted by atomic mass is 9.74. The van der Waals surface area contributed by atoms with E-state index in [4.69, 9.17) is 10.5 Å². The zero-order valence-corrected chi connectivity index (χ0v) is 13.6. The van der Waals surface area contributed by atoms with Crippen molar-refractivity contribution < 1.29 is 14.3 Å². The number of hydrogen-bond acceptors (Lipinski definition) is 4. The zero-order chi connectivity index (χ0) is 15.4. The molecule has 114 valence electrons. The van der Waals surface area contributed by atoms with Crippen LogP contribution in [0.2, 0.25) is 0 Å².